The van der Waals surface area contributed by atoms with Gasteiger partial charge in [0.25, 0.3) is 0 Å². The van der Waals surface area contributed by atoms with Crippen LogP contribution in [0, 0.1) is 11.8 Å². The van der Waals surface area contributed by atoms with Crippen molar-refractivity contribution in [3.63, 3.8) is 0 Å². The molecule has 1 aromatic rings. The zero-order chi connectivity index (χ0) is 26.4. The summed E-state index contributed by atoms with van der Waals surface area (Å²) in [5.41, 5.74) is -0.674. The van der Waals surface area contributed by atoms with Crippen molar-refractivity contribution in [3.8, 4) is 0 Å². The number of alkyl halides is 3. The van der Waals surface area contributed by atoms with E-state index < -0.39 is 34.8 Å². The molecule has 0 saturated carbocycles. The van der Waals surface area contributed by atoms with Gasteiger partial charge in [-0.1, -0.05) is 31.3 Å². The first-order chi connectivity index (χ1) is 16.2. The van der Waals surface area contributed by atoms with Gasteiger partial charge in [-0.25, -0.2) is 4.79 Å². The number of hydrogen-bond donors (Lipinski definition) is 1. The van der Waals surface area contributed by atoms with E-state index in [1.54, 1.807) is 26.8 Å². The number of nitrogens with zero attached hydrogens (tertiary/aromatic N) is 3. The average molecular weight is 519 g/mol. The van der Waals surface area contributed by atoms with Crippen LogP contribution in [0.4, 0.5) is 23.1 Å². The first-order valence-electron chi connectivity index (χ1n) is 11.6. The average Bonchev–Trinajstić information content (AvgIpc) is 3.19. The van der Waals surface area contributed by atoms with Gasteiger partial charge in [-0.3, -0.25) is 19.8 Å². The fourth-order valence-electron chi connectivity index (χ4n) is 3.79. The highest BCUT2D eigenvalue weighted by molar-refractivity contribution is 7.15. The molecule has 196 valence electrons. The summed E-state index contributed by atoms with van der Waals surface area (Å²) in [4.78, 5) is 39.6. The minimum Gasteiger partial charge on any atom is -0.444 e. The van der Waals surface area contributed by atoms with Gasteiger partial charge in [0.2, 0.25) is 16.0 Å². The highest BCUT2D eigenvalue weighted by Gasteiger charge is 2.36. The number of nitrogens with one attached hydrogen (secondary N) is 1. The fourth-order valence-corrected chi connectivity index (χ4v) is 4.41. The van der Waals surface area contributed by atoms with Gasteiger partial charge in [0.15, 0.2) is 5.78 Å². The minimum atomic E-state index is -4.63. The monoisotopic (exact) mass is 518 g/mol. The summed E-state index contributed by atoms with van der Waals surface area (Å²) < 4.78 is 43.5. The molecule has 1 N–H and O–H groups in total. The first kappa shape index (κ1) is 28.7. The smallest absolute Gasteiger partial charge is 0.444 e. The van der Waals surface area contributed by atoms with E-state index in [2.05, 4.69) is 15.5 Å². The molecule has 0 radical (unpaired) electrons. The lowest BCUT2D eigenvalue weighted by atomic mass is 9.88. The van der Waals surface area contributed by atoms with Crippen molar-refractivity contribution in [1.29, 1.82) is 0 Å². The molecule has 0 unspecified atom stereocenters. The molecule has 2 heterocycles. The van der Waals surface area contributed by atoms with Crippen molar-refractivity contribution in [3.05, 3.63) is 17.2 Å². The molecule has 0 spiro atoms. The number of allylic oxidation sites excluding steroid dienone is 1. The molecule has 1 fully saturated rings. The molecule has 2 amide bonds. The highest BCUT2D eigenvalue weighted by atomic mass is 32.1. The molecule has 1 aromatic heterocycles. The summed E-state index contributed by atoms with van der Waals surface area (Å²) in [7, 11) is 0. The molecule has 0 aromatic carbocycles. The summed E-state index contributed by atoms with van der Waals surface area (Å²) in [5, 5.41) is 7.22. The molecular weight excluding hydrogens is 485 g/mol. The number of carbonyl (C=O) groups excluding carboxylic acids is 3. The number of piperidine rings is 1. The van der Waals surface area contributed by atoms with Crippen LogP contribution in [0.25, 0.3) is 0 Å². The van der Waals surface area contributed by atoms with Crippen molar-refractivity contribution < 1.29 is 32.3 Å². The maximum Gasteiger partial charge on any atom is 0.445 e. The largest absolute Gasteiger partial charge is 0.445 e. The van der Waals surface area contributed by atoms with Gasteiger partial charge in [-0.2, -0.15) is 13.2 Å². The molecule has 1 aliphatic heterocycles. The molecule has 0 bridgehead atoms. The Bertz CT molecular complexity index is 925. The van der Waals surface area contributed by atoms with Crippen LogP contribution in [0.5, 0.6) is 0 Å². The quantitative estimate of drug-likeness (QED) is 0.459. The zero-order valence-electron chi connectivity index (χ0n) is 20.6. The third-order valence-electron chi connectivity index (χ3n) is 5.16. The molecule has 12 heteroatoms. The Morgan fingerprint density at radius 1 is 1.20 bits per heavy atom. The Balaban J connectivity index is 2.05. The fraction of sp³-hybridized carbons (Fsp3) is 0.696. The molecule has 35 heavy (non-hydrogen) atoms. The lowest BCUT2D eigenvalue weighted by molar-refractivity contribution is -0.138. The van der Waals surface area contributed by atoms with Crippen LogP contribution in [-0.4, -0.2) is 51.1 Å². The number of ketones is 1. The van der Waals surface area contributed by atoms with Crippen molar-refractivity contribution in [2.24, 2.45) is 11.8 Å². The van der Waals surface area contributed by atoms with Crippen LogP contribution in [0.3, 0.4) is 0 Å². The van der Waals surface area contributed by atoms with Crippen molar-refractivity contribution in [2.45, 2.75) is 84.5 Å². The molecule has 2 rings (SSSR count). The molecule has 1 aliphatic rings. The van der Waals surface area contributed by atoms with Crippen molar-refractivity contribution in [2.75, 3.05) is 11.9 Å². The Kier molecular flexibility index (Phi) is 9.82. The standard InChI is InChI=1S/C23H33F3N4O4S/c1-14(2)12-15(9-10-18(32)27-20-29-28-19(35-20)23(24,25)26)13-17(31)16-8-6-7-11-30(16)21(33)34-22(3,4)5/h9-10,14-16H,6-8,11-13H2,1-5H3,(H,27,29,32)/b10-9+/t15-,16+/m1/s1. The van der Waals surface area contributed by atoms with Gasteiger partial charge < -0.3 is 4.74 Å². The number of carbonyl (C=O) groups is 3. The molecule has 8 nitrogen and oxygen atoms in total. The zero-order valence-corrected chi connectivity index (χ0v) is 21.5. The predicted octanol–water partition coefficient (Wildman–Crippen LogP) is 5.46. The minimum absolute atomic E-state index is 0.106. The summed E-state index contributed by atoms with van der Waals surface area (Å²) in [5.74, 6) is -0.823. The predicted molar refractivity (Wildman–Crippen MR) is 126 cm³/mol. The lowest BCUT2D eigenvalue weighted by Gasteiger charge is -2.36. The third kappa shape index (κ3) is 9.58. The number of anilines is 1. The van der Waals surface area contributed by atoms with Gasteiger partial charge in [-0.05, 0) is 64.4 Å². The van der Waals surface area contributed by atoms with Gasteiger partial charge in [0.1, 0.15) is 5.60 Å². The second kappa shape index (κ2) is 12.0. The maximum atomic E-state index is 13.2. The van der Waals surface area contributed by atoms with Gasteiger partial charge >= 0.3 is 12.3 Å². The van der Waals surface area contributed by atoms with E-state index in [1.807, 2.05) is 13.8 Å². The Hall–Kier alpha value is -2.50. The molecule has 2 atom stereocenters. The lowest BCUT2D eigenvalue weighted by Crippen LogP contribution is -2.50. The summed E-state index contributed by atoms with van der Waals surface area (Å²) in [6, 6.07) is -0.585. The van der Waals surface area contributed by atoms with Gasteiger partial charge in [0.05, 0.1) is 6.04 Å². The Labute approximate surface area is 207 Å². The molecule has 1 saturated heterocycles. The van der Waals surface area contributed by atoms with Gasteiger partial charge in [0, 0.05) is 13.0 Å². The summed E-state index contributed by atoms with van der Waals surface area (Å²) >= 11 is 0.233. The van der Waals surface area contributed by atoms with Crippen LogP contribution < -0.4 is 5.32 Å². The van der Waals surface area contributed by atoms with Crippen molar-refractivity contribution >= 4 is 34.3 Å². The SMILES string of the molecule is CC(C)C[C@@H](/C=C/C(=O)Nc1nnc(C(F)(F)F)s1)CC(=O)[C@@H]1CCCCN1C(=O)OC(C)(C)C. The topological polar surface area (TPSA) is 101 Å². The third-order valence-corrected chi connectivity index (χ3v) is 6.04. The van der Waals surface area contributed by atoms with Gasteiger partial charge in [-0.15, -0.1) is 10.2 Å². The Morgan fingerprint density at radius 2 is 1.89 bits per heavy atom. The van der Waals surface area contributed by atoms with E-state index in [4.69, 9.17) is 4.74 Å². The summed E-state index contributed by atoms with van der Waals surface area (Å²) in [6.07, 6.45) is 0.544. The number of ether oxygens (including phenoxy) is 1. The first-order valence-corrected chi connectivity index (χ1v) is 12.4. The van der Waals surface area contributed by atoms with E-state index in [0.29, 0.717) is 19.4 Å². The number of amides is 2. The maximum absolute atomic E-state index is 13.2. The summed E-state index contributed by atoms with van der Waals surface area (Å²) in [6.45, 7) is 9.72. The van der Waals surface area contributed by atoms with Crippen LogP contribution in [0.2, 0.25) is 0 Å². The number of rotatable bonds is 8. The van der Waals surface area contributed by atoms with Crippen LogP contribution in [-0.2, 0) is 20.5 Å². The van der Waals surface area contributed by atoms with E-state index >= 15 is 0 Å². The second-order valence-electron chi connectivity index (χ2n) is 10.0. The number of halogens is 3. The van der Waals surface area contributed by atoms with E-state index in [9.17, 15) is 27.6 Å². The van der Waals surface area contributed by atoms with E-state index in [-0.39, 0.29) is 40.5 Å². The molecule has 0 aliphatic carbocycles. The van der Waals surface area contributed by atoms with E-state index in [0.717, 1.165) is 12.8 Å². The normalized spacial score (nSPS) is 18.1. The van der Waals surface area contributed by atoms with Crippen LogP contribution in [0.15, 0.2) is 12.2 Å². The number of Topliss-reactive ketones (excluding diaryl/α,β-unsaturated/α-hetero) is 1. The number of aromatic nitrogens is 2. The highest BCUT2D eigenvalue weighted by Crippen LogP contribution is 2.33. The number of likely N-dealkylation sites (tertiary alicyclic amines) is 1. The molecular formula is C23H33F3N4O4S. The van der Waals surface area contributed by atoms with Crippen molar-refractivity contribution in [1.82, 2.24) is 15.1 Å². The second-order valence-corrected chi connectivity index (χ2v) is 11.0. The Morgan fingerprint density at radius 3 is 2.46 bits per heavy atom. The van der Waals surface area contributed by atoms with Crippen LogP contribution in [0.1, 0.15) is 71.7 Å². The van der Waals surface area contributed by atoms with Crippen LogP contribution >= 0.6 is 11.3 Å². The number of hydrogen-bond acceptors (Lipinski definition) is 7. The van der Waals surface area contributed by atoms with E-state index in [1.165, 1.54) is 11.0 Å².